The second kappa shape index (κ2) is 14.3. The quantitative estimate of drug-likeness (QED) is 0.249. The van der Waals surface area contributed by atoms with Gasteiger partial charge in [-0.25, -0.2) is 0 Å². The highest BCUT2D eigenvalue weighted by molar-refractivity contribution is 9.09. The van der Waals surface area contributed by atoms with E-state index in [0.29, 0.717) is 19.8 Å². The summed E-state index contributed by atoms with van der Waals surface area (Å²) >= 11 is 3.42. The van der Waals surface area contributed by atoms with Crippen LogP contribution >= 0.6 is 15.9 Å². The highest BCUT2D eigenvalue weighted by Gasteiger charge is 2.38. The molecule has 0 unspecified atom stereocenters. The van der Waals surface area contributed by atoms with E-state index in [-0.39, 0.29) is 0 Å². The van der Waals surface area contributed by atoms with Gasteiger partial charge >= 0.3 is 8.80 Å². The summed E-state index contributed by atoms with van der Waals surface area (Å²) in [5.41, 5.74) is 2.03. The van der Waals surface area contributed by atoms with Gasteiger partial charge in [0, 0.05) is 25.2 Å². The highest BCUT2D eigenvalue weighted by atomic mass is 79.9. The van der Waals surface area contributed by atoms with Crippen LogP contribution in [-0.2, 0) is 13.3 Å². The highest BCUT2D eigenvalue weighted by Crippen LogP contribution is 2.15. The van der Waals surface area contributed by atoms with Crippen molar-refractivity contribution in [3.05, 3.63) is 11.8 Å². The molecule has 5 heteroatoms. The van der Waals surface area contributed by atoms with Gasteiger partial charge in [0.1, 0.15) is 0 Å². The largest absolute Gasteiger partial charge is 0.529 e. The smallest absolute Gasteiger partial charge is 0.370 e. The molecular formula is C15H31BrO3Si. The van der Waals surface area contributed by atoms with E-state index in [0.717, 1.165) is 43.9 Å². The third-order valence-electron chi connectivity index (χ3n) is 2.81. The fraction of sp³-hybridized carbons (Fsp3) is 0.867. The number of alkyl halides is 1. The van der Waals surface area contributed by atoms with Crippen molar-refractivity contribution in [2.75, 3.05) is 25.2 Å². The zero-order valence-electron chi connectivity index (χ0n) is 13.3. The van der Waals surface area contributed by atoms with Crippen LogP contribution < -0.4 is 0 Å². The molecule has 0 aromatic rings. The van der Waals surface area contributed by atoms with Crippen molar-refractivity contribution in [3.8, 4) is 0 Å². The first-order valence-corrected chi connectivity index (χ1v) is 10.8. The van der Waals surface area contributed by atoms with Crippen LogP contribution in [0, 0.1) is 0 Å². The number of unbranched alkanes of at least 4 members (excludes halogenated alkanes) is 3. The minimum atomic E-state index is -2.64. The van der Waals surface area contributed by atoms with E-state index in [4.69, 9.17) is 13.3 Å². The molecule has 0 aromatic heterocycles. The second-order valence-electron chi connectivity index (χ2n) is 4.77. The molecule has 3 nitrogen and oxygen atoms in total. The number of halogens is 1. The lowest BCUT2D eigenvalue weighted by Crippen LogP contribution is -2.45. The van der Waals surface area contributed by atoms with Gasteiger partial charge in [0.15, 0.2) is 0 Å². The van der Waals surface area contributed by atoms with E-state index < -0.39 is 8.80 Å². The molecule has 0 rings (SSSR count). The van der Waals surface area contributed by atoms with Gasteiger partial charge in [-0.2, -0.15) is 0 Å². The monoisotopic (exact) mass is 366 g/mol. The number of rotatable bonds is 14. The van der Waals surface area contributed by atoms with Crippen LogP contribution in [0.3, 0.4) is 0 Å². The van der Waals surface area contributed by atoms with Gasteiger partial charge < -0.3 is 13.3 Å². The minimum Gasteiger partial charge on any atom is -0.370 e. The summed E-state index contributed by atoms with van der Waals surface area (Å²) in [6.45, 7) is 8.64. The van der Waals surface area contributed by atoms with Crippen LogP contribution in [0.15, 0.2) is 11.8 Å². The molecule has 0 aromatic carbocycles. The summed E-state index contributed by atoms with van der Waals surface area (Å²) in [6.07, 6.45) is 8.54. The van der Waals surface area contributed by atoms with Crippen molar-refractivity contribution >= 4 is 24.7 Å². The minimum absolute atomic E-state index is 0.716. The molecule has 0 aliphatic heterocycles. The summed E-state index contributed by atoms with van der Waals surface area (Å²) in [5, 5.41) is 0.799. The molecular weight excluding hydrogens is 336 g/mol. The Balaban J connectivity index is 4.61. The average molecular weight is 367 g/mol. The molecule has 0 N–H and O–H groups in total. The predicted octanol–water partition coefficient (Wildman–Crippen LogP) is 4.87. The molecule has 0 radical (unpaired) electrons. The van der Waals surface area contributed by atoms with Gasteiger partial charge in [0.2, 0.25) is 0 Å². The summed E-state index contributed by atoms with van der Waals surface area (Å²) < 4.78 is 18.2. The number of hydrogen-bond donors (Lipinski definition) is 0. The zero-order chi connectivity index (χ0) is 15.1. The SMILES string of the molecule is CCCCO[Si](/C=C/CBr)(OCCCC)OCCCC. The van der Waals surface area contributed by atoms with Crippen LogP contribution in [0.25, 0.3) is 0 Å². The fourth-order valence-electron chi connectivity index (χ4n) is 1.53. The normalized spacial score (nSPS) is 12.4. The van der Waals surface area contributed by atoms with E-state index in [9.17, 15) is 0 Å². The topological polar surface area (TPSA) is 27.7 Å². The standard InChI is InChI=1S/C15H31BrO3Si/c1-4-7-12-17-20(15-10-11-16,18-13-8-5-2)19-14-9-6-3/h10,15H,4-9,11-14H2,1-3H3/b15-10+. The first kappa shape index (κ1) is 20.3. The van der Waals surface area contributed by atoms with Crippen molar-refractivity contribution in [2.24, 2.45) is 0 Å². The lowest BCUT2D eigenvalue weighted by Gasteiger charge is -2.27. The maximum atomic E-state index is 6.05. The maximum absolute atomic E-state index is 6.05. The Kier molecular flexibility index (Phi) is 14.5. The van der Waals surface area contributed by atoms with Crippen LogP contribution in [-0.4, -0.2) is 34.0 Å². The molecule has 0 amide bonds. The Hall–Kier alpha value is 0.317. The molecule has 0 aliphatic carbocycles. The van der Waals surface area contributed by atoms with Crippen molar-refractivity contribution in [1.29, 1.82) is 0 Å². The second-order valence-corrected chi connectivity index (χ2v) is 7.82. The molecule has 0 aliphatic rings. The first-order chi connectivity index (χ1) is 9.74. The van der Waals surface area contributed by atoms with Crippen molar-refractivity contribution in [3.63, 3.8) is 0 Å². The third kappa shape index (κ3) is 10.1. The van der Waals surface area contributed by atoms with Crippen molar-refractivity contribution in [2.45, 2.75) is 59.3 Å². The average Bonchev–Trinajstić information content (AvgIpc) is 2.46. The molecule has 0 heterocycles. The van der Waals surface area contributed by atoms with E-state index in [1.54, 1.807) is 0 Å². The number of allylic oxidation sites excluding steroid dienone is 1. The van der Waals surface area contributed by atoms with Gasteiger partial charge in [0.25, 0.3) is 0 Å². The van der Waals surface area contributed by atoms with Gasteiger partial charge in [-0.1, -0.05) is 62.0 Å². The predicted molar refractivity (Wildman–Crippen MR) is 91.3 cm³/mol. The summed E-state index contributed by atoms with van der Waals surface area (Å²) in [6, 6.07) is 0. The van der Waals surface area contributed by atoms with Gasteiger partial charge in [-0.05, 0) is 25.0 Å². The Labute approximate surface area is 134 Å². The lowest BCUT2D eigenvalue weighted by atomic mass is 10.4. The van der Waals surface area contributed by atoms with Gasteiger partial charge in [-0.3, -0.25) is 0 Å². The van der Waals surface area contributed by atoms with E-state index >= 15 is 0 Å². The molecule has 0 saturated carbocycles. The third-order valence-corrected chi connectivity index (χ3v) is 5.65. The number of hydrogen-bond acceptors (Lipinski definition) is 3. The Morgan fingerprint density at radius 1 is 0.800 bits per heavy atom. The molecule has 20 heavy (non-hydrogen) atoms. The van der Waals surface area contributed by atoms with E-state index in [1.807, 2.05) is 11.8 Å². The Morgan fingerprint density at radius 3 is 1.50 bits per heavy atom. The maximum Gasteiger partial charge on any atom is 0.529 e. The van der Waals surface area contributed by atoms with E-state index in [1.165, 1.54) is 0 Å². The van der Waals surface area contributed by atoms with E-state index in [2.05, 4.69) is 36.7 Å². The zero-order valence-corrected chi connectivity index (χ0v) is 15.9. The lowest BCUT2D eigenvalue weighted by molar-refractivity contribution is 0.0684. The molecule has 0 atom stereocenters. The van der Waals surface area contributed by atoms with Crippen molar-refractivity contribution in [1.82, 2.24) is 0 Å². The van der Waals surface area contributed by atoms with Gasteiger partial charge in [-0.15, -0.1) is 0 Å². The molecule has 0 fully saturated rings. The fourth-order valence-corrected chi connectivity index (χ4v) is 4.30. The molecule has 120 valence electrons. The van der Waals surface area contributed by atoms with Crippen LogP contribution in [0.2, 0.25) is 0 Å². The van der Waals surface area contributed by atoms with Gasteiger partial charge in [0.05, 0.1) is 0 Å². The van der Waals surface area contributed by atoms with Crippen molar-refractivity contribution < 1.29 is 13.3 Å². The Morgan fingerprint density at radius 2 is 1.20 bits per heavy atom. The molecule has 0 bridgehead atoms. The molecule has 0 spiro atoms. The van der Waals surface area contributed by atoms with Crippen LogP contribution in [0.5, 0.6) is 0 Å². The first-order valence-electron chi connectivity index (χ1n) is 7.90. The summed E-state index contributed by atoms with van der Waals surface area (Å²) in [5.74, 6) is 0. The van der Waals surface area contributed by atoms with Crippen LogP contribution in [0.1, 0.15) is 59.3 Å². The molecule has 0 saturated heterocycles. The van der Waals surface area contributed by atoms with Crippen LogP contribution in [0.4, 0.5) is 0 Å². The Bertz CT molecular complexity index is 211. The summed E-state index contributed by atoms with van der Waals surface area (Å²) in [4.78, 5) is 0. The summed E-state index contributed by atoms with van der Waals surface area (Å²) in [7, 11) is -2.64.